The van der Waals surface area contributed by atoms with Crippen LogP contribution in [0, 0.1) is 11.8 Å². The van der Waals surface area contributed by atoms with Gasteiger partial charge in [0.25, 0.3) is 0 Å². The molecule has 3 fully saturated rings. The van der Waals surface area contributed by atoms with Gasteiger partial charge in [0.05, 0.1) is 36.9 Å². The molecule has 17 heteroatoms. The number of fused-ring (bicyclic) bond motifs is 1. The number of carbonyl (C=O) groups excluding carboxylic acids is 5. The number of methoxy groups -OCH3 is 1. The van der Waals surface area contributed by atoms with Gasteiger partial charge in [-0.25, -0.2) is 0 Å². The number of esters is 3. The lowest BCUT2D eigenvalue weighted by Gasteiger charge is -2.50. The Hall–Kier alpha value is -2.87. The topological polar surface area (TPSA) is 215 Å². The van der Waals surface area contributed by atoms with Crippen LogP contribution in [0.2, 0.25) is 0 Å². The van der Waals surface area contributed by atoms with Crippen LogP contribution in [0.4, 0.5) is 0 Å². The van der Waals surface area contributed by atoms with Gasteiger partial charge in [0, 0.05) is 45.1 Å². The van der Waals surface area contributed by atoms with E-state index in [4.69, 9.17) is 42.6 Å². The lowest BCUT2D eigenvalue weighted by Crippen LogP contribution is -2.66. The highest BCUT2D eigenvalue weighted by Gasteiger charge is 2.53. The van der Waals surface area contributed by atoms with Gasteiger partial charge in [0.2, 0.25) is 0 Å². The Bertz CT molecular complexity index is 1440. The zero-order valence-electron chi connectivity index (χ0n) is 35.5. The summed E-state index contributed by atoms with van der Waals surface area (Å²) in [6, 6.07) is -0.797. The number of aliphatic hydroxyl groups excluding tert-OH is 1. The van der Waals surface area contributed by atoms with Crippen molar-refractivity contribution in [3.63, 3.8) is 0 Å². The van der Waals surface area contributed by atoms with Crippen molar-refractivity contribution in [2.75, 3.05) is 21.2 Å². The van der Waals surface area contributed by atoms with Gasteiger partial charge in [-0.1, -0.05) is 20.8 Å². The second kappa shape index (κ2) is 21.1. The smallest absolute Gasteiger partial charge is 0.309 e. The molecule has 0 aromatic rings. The molecule has 58 heavy (non-hydrogen) atoms. The summed E-state index contributed by atoms with van der Waals surface area (Å²) in [5.74, 6) is -3.35. The third-order valence-electron chi connectivity index (χ3n) is 11.4. The van der Waals surface area contributed by atoms with Crippen molar-refractivity contribution >= 4 is 30.0 Å². The van der Waals surface area contributed by atoms with E-state index in [2.05, 4.69) is 0 Å². The molecule has 4 aliphatic heterocycles. The van der Waals surface area contributed by atoms with Crippen LogP contribution in [-0.2, 0) is 66.6 Å². The summed E-state index contributed by atoms with van der Waals surface area (Å²) in [5.41, 5.74) is -1.50. The predicted octanol–water partition coefficient (Wildman–Crippen LogP) is 2.19. The Labute approximate surface area is 341 Å². The van der Waals surface area contributed by atoms with Crippen LogP contribution >= 0.6 is 0 Å². The molecular formula is C41H65NO16. The fourth-order valence-electron chi connectivity index (χ4n) is 8.25. The van der Waals surface area contributed by atoms with Gasteiger partial charge in [-0.2, -0.15) is 0 Å². The number of cyclic esters (lactones) is 1. The van der Waals surface area contributed by atoms with Crippen molar-refractivity contribution in [3.8, 4) is 0 Å². The minimum absolute atomic E-state index is 0.0166. The average molecular weight is 828 g/mol. The largest absolute Gasteiger partial charge is 0.462 e. The maximum atomic E-state index is 13.4. The van der Waals surface area contributed by atoms with Crippen molar-refractivity contribution in [2.45, 2.75) is 185 Å². The zero-order valence-corrected chi connectivity index (χ0v) is 35.5. The van der Waals surface area contributed by atoms with E-state index in [1.807, 2.05) is 0 Å². The predicted molar refractivity (Wildman–Crippen MR) is 204 cm³/mol. The Morgan fingerprint density at radius 2 is 1.62 bits per heavy atom. The lowest BCUT2D eigenvalue weighted by atomic mass is 9.83. The quantitative estimate of drug-likeness (QED) is 0.125. The first kappa shape index (κ1) is 47.8. The molecule has 4 heterocycles. The van der Waals surface area contributed by atoms with Gasteiger partial charge in [0.15, 0.2) is 24.5 Å². The Morgan fingerprint density at radius 1 is 0.948 bits per heavy atom. The van der Waals surface area contributed by atoms with E-state index in [1.54, 1.807) is 73.5 Å². The maximum absolute atomic E-state index is 13.4. The number of ketones is 1. The van der Waals surface area contributed by atoms with Crippen molar-refractivity contribution in [3.05, 3.63) is 12.2 Å². The summed E-state index contributed by atoms with van der Waals surface area (Å²) >= 11 is 0. The van der Waals surface area contributed by atoms with E-state index in [9.17, 15) is 34.2 Å². The van der Waals surface area contributed by atoms with Gasteiger partial charge in [0.1, 0.15) is 48.5 Å². The van der Waals surface area contributed by atoms with E-state index in [-0.39, 0.29) is 50.1 Å². The van der Waals surface area contributed by atoms with E-state index < -0.39 is 115 Å². The second-order valence-corrected chi connectivity index (χ2v) is 16.5. The highest BCUT2D eigenvalue weighted by Crippen LogP contribution is 2.38. The summed E-state index contributed by atoms with van der Waals surface area (Å²) in [5, 5.41) is 23.4. The SMILES string of the molecule is CCC(=O)O[C@H]1CC(=O)O[C@H](C)C[C@H]2O[C@H]2/C=C\C(=O)[C@@H](C)C[C@H](CC=O)[C@H](O[C@@H]2O[C@H](C)[C@@H](O[C@@H]3C[C@](C)(O)[C@@H](OC(=O)CC)[C@H](C)O3)[C@@H](N(C)C)[C@@H]2O)[C@H]1OC. The van der Waals surface area contributed by atoms with Crippen LogP contribution in [-0.4, -0.2) is 158 Å². The number of aldehydes is 1. The molecule has 0 aromatic heterocycles. The van der Waals surface area contributed by atoms with Crippen LogP contribution in [0.1, 0.15) is 93.4 Å². The van der Waals surface area contributed by atoms with E-state index in [0.717, 1.165) is 0 Å². The second-order valence-electron chi connectivity index (χ2n) is 16.5. The van der Waals surface area contributed by atoms with E-state index in [0.29, 0.717) is 12.7 Å². The van der Waals surface area contributed by atoms with Gasteiger partial charge >= 0.3 is 17.9 Å². The number of likely N-dealkylation sites (N-methyl/N-ethyl adjacent to an activating group) is 1. The molecule has 0 amide bonds. The van der Waals surface area contributed by atoms with Crippen molar-refractivity contribution < 1.29 is 76.8 Å². The zero-order chi connectivity index (χ0) is 43.1. The number of carbonyl (C=O) groups is 5. The first-order valence-electron chi connectivity index (χ1n) is 20.4. The maximum Gasteiger partial charge on any atom is 0.309 e. The van der Waals surface area contributed by atoms with Crippen LogP contribution in [0.3, 0.4) is 0 Å². The molecule has 3 saturated heterocycles. The molecule has 0 saturated carbocycles. The molecule has 4 rings (SSSR count). The Kier molecular flexibility index (Phi) is 17.4. The number of nitrogens with zero attached hydrogens (tertiary/aromatic N) is 1. The van der Waals surface area contributed by atoms with Crippen molar-refractivity contribution in [2.24, 2.45) is 11.8 Å². The van der Waals surface area contributed by atoms with Crippen molar-refractivity contribution in [1.29, 1.82) is 0 Å². The molecule has 0 radical (unpaired) electrons. The summed E-state index contributed by atoms with van der Waals surface area (Å²) in [6.07, 6.45) is -7.99. The third kappa shape index (κ3) is 12.3. The highest BCUT2D eigenvalue weighted by molar-refractivity contribution is 5.91. The molecule has 0 spiro atoms. The van der Waals surface area contributed by atoms with Gasteiger partial charge in [-0.15, -0.1) is 0 Å². The number of aliphatic hydroxyl groups is 2. The highest BCUT2D eigenvalue weighted by atomic mass is 16.7. The minimum Gasteiger partial charge on any atom is -0.462 e. The Morgan fingerprint density at radius 3 is 2.22 bits per heavy atom. The lowest BCUT2D eigenvalue weighted by molar-refractivity contribution is -0.344. The third-order valence-corrected chi connectivity index (χ3v) is 11.4. The van der Waals surface area contributed by atoms with Crippen LogP contribution < -0.4 is 0 Å². The normalized spacial score (nSPS) is 42.2. The summed E-state index contributed by atoms with van der Waals surface area (Å²) < 4.78 is 54.2. The average Bonchev–Trinajstić information content (AvgIpc) is 3.89. The first-order chi connectivity index (χ1) is 27.3. The summed E-state index contributed by atoms with van der Waals surface area (Å²) in [6.45, 7) is 11.6. The first-order valence-corrected chi connectivity index (χ1v) is 20.4. The number of rotatable bonds is 12. The molecule has 0 bridgehead atoms. The molecule has 0 aliphatic carbocycles. The number of epoxide rings is 1. The number of hydrogen-bond donors (Lipinski definition) is 2. The summed E-state index contributed by atoms with van der Waals surface area (Å²) in [4.78, 5) is 65.8. The number of ether oxygens (including phenoxy) is 9. The summed E-state index contributed by atoms with van der Waals surface area (Å²) in [7, 11) is 4.82. The molecule has 17 nitrogen and oxygen atoms in total. The van der Waals surface area contributed by atoms with Crippen molar-refractivity contribution in [1.82, 2.24) is 4.90 Å². The molecule has 2 N–H and O–H groups in total. The number of hydrogen-bond acceptors (Lipinski definition) is 17. The molecule has 0 aromatic carbocycles. The fourth-order valence-corrected chi connectivity index (χ4v) is 8.25. The van der Waals surface area contributed by atoms with E-state index in [1.165, 1.54) is 13.2 Å². The molecule has 17 atom stereocenters. The van der Waals surface area contributed by atoms with Crippen LogP contribution in [0.25, 0.3) is 0 Å². The van der Waals surface area contributed by atoms with Crippen LogP contribution in [0.5, 0.6) is 0 Å². The van der Waals surface area contributed by atoms with E-state index >= 15 is 0 Å². The van der Waals surface area contributed by atoms with Gasteiger partial charge in [-0.3, -0.25) is 19.2 Å². The monoisotopic (exact) mass is 827 g/mol. The molecule has 4 aliphatic rings. The standard InChI is InChI=1S/C41H65NO16/c1-11-30(45)55-29-19-32(47)51-22(4)18-28-27(54-28)14-13-26(44)21(3)17-25(15-16-43)37(38(29)50-10)58-40-35(48)34(42(8)9)36(23(5)53-40)57-33-20-41(7,49)39(24(6)52-33)56-31(46)12-2/h13-14,16,21-25,27-29,33-40,48-49H,11-12,15,17-20H2,1-10H3/b14-13-/t21-,22+,23+,24-,25-,27-,28+,29-,33+,34-,35-,36+,37-,38-,39-,40-,41-/m0/s1. The number of allylic oxidation sites excluding steroid dienone is 1. The Balaban J connectivity index is 1.67. The van der Waals surface area contributed by atoms with Crippen LogP contribution in [0.15, 0.2) is 12.2 Å². The molecule has 0 unspecified atom stereocenters. The van der Waals surface area contributed by atoms with Gasteiger partial charge in [-0.05, 0) is 66.3 Å². The molecular weight excluding hydrogens is 762 g/mol. The van der Waals surface area contributed by atoms with Gasteiger partial charge < -0.3 is 62.5 Å². The molecule has 330 valence electrons. The minimum atomic E-state index is -1.50. The fraction of sp³-hybridized carbons (Fsp3) is 0.829.